The Kier molecular flexibility index (Phi) is 8.76. The van der Waals surface area contributed by atoms with Crippen molar-refractivity contribution in [2.45, 2.75) is 95.7 Å². The number of pyridine rings is 1. The van der Waals surface area contributed by atoms with E-state index in [-0.39, 0.29) is 24.0 Å². The van der Waals surface area contributed by atoms with Crippen LogP contribution in [0.2, 0.25) is 0 Å². The van der Waals surface area contributed by atoms with Crippen molar-refractivity contribution in [3.05, 3.63) is 36.2 Å². The molecule has 4 aliphatic heterocycles. The SMILES string of the molecule is CCCNc1nc(-c2ccc3c(c2)N(C2CC(N4CCCCC4)C2)C(=O)C32CCN(C(=O)N3CCNCC3)CC2)cc2ncn(C(C)C)c12. The van der Waals surface area contributed by atoms with Gasteiger partial charge in [-0.2, -0.15) is 0 Å². The van der Waals surface area contributed by atoms with E-state index in [1.165, 1.54) is 32.4 Å². The first-order valence-corrected chi connectivity index (χ1v) is 19.0. The number of benzene rings is 1. The van der Waals surface area contributed by atoms with Crippen molar-refractivity contribution in [1.29, 1.82) is 0 Å². The van der Waals surface area contributed by atoms with Crippen LogP contribution >= 0.6 is 0 Å². The van der Waals surface area contributed by atoms with Crippen LogP contribution in [0.4, 0.5) is 16.3 Å². The lowest BCUT2D eigenvalue weighted by atomic mass is 9.73. The Morgan fingerprint density at radius 3 is 2.43 bits per heavy atom. The Hall–Kier alpha value is -3.70. The number of fused-ring (bicyclic) bond motifs is 3. The van der Waals surface area contributed by atoms with Crippen LogP contribution in [0.1, 0.15) is 83.7 Å². The van der Waals surface area contributed by atoms with Crippen LogP contribution in [0.15, 0.2) is 30.6 Å². The van der Waals surface area contributed by atoms with Crippen LogP contribution in [-0.2, 0) is 10.2 Å². The van der Waals surface area contributed by atoms with E-state index in [9.17, 15) is 9.59 Å². The van der Waals surface area contributed by atoms with Gasteiger partial charge in [0.25, 0.3) is 0 Å². The normalized spacial score (nSPS) is 24.2. The topological polar surface area (TPSA) is 102 Å². The summed E-state index contributed by atoms with van der Waals surface area (Å²) in [5.74, 6) is 1.09. The fourth-order valence-electron chi connectivity index (χ4n) is 9.05. The van der Waals surface area contributed by atoms with E-state index in [1.54, 1.807) is 0 Å². The maximum atomic E-state index is 14.8. The Bertz CT molecular complexity index is 1690. The predicted octanol–water partition coefficient (Wildman–Crippen LogP) is 5.22. The van der Waals surface area contributed by atoms with E-state index in [2.05, 4.69) is 70.0 Å². The molecule has 0 unspecified atom stereocenters. The number of carbonyl (C=O) groups is 2. The average molecular weight is 668 g/mol. The van der Waals surface area contributed by atoms with Gasteiger partial charge in [0.05, 0.1) is 23.0 Å². The third kappa shape index (κ3) is 5.66. The summed E-state index contributed by atoms with van der Waals surface area (Å²) >= 11 is 0. The van der Waals surface area contributed by atoms with E-state index in [4.69, 9.17) is 9.97 Å². The molecule has 5 aliphatic rings. The third-order valence-corrected chi connectivity index (χ3v) is 12.0. The first kappa shape index (κ1) is 32.5. The highest BCUT2D eigenvalue weighted by Crippen LogP contribution is 2.52. The number of piperidine rings is 2. The molecule has 0 bridgehead atoms. The minimum absolute atomic E-state index is 0.117. The molecule has 1 aliphatic carbocycles. The van der Waals surface area contributed by atoms with Crippen molar-refractivity contribution in [3.8, 4) is 11.3 Å². The molecule has 3 amide bonds. The van der Waals surface area contributed by atoms with Gasteiger partial charge in [-0.3, -0.25) is 4.79 Å². The van der Waals surface area contributed by atoms with Crippen molar-refractivity contribution in [2.24, 2.45) is 0 Å². The summed E-state index contributed by atoms with van der Waals surface area (Å²) in [7, 11) is 0. The highest BCUT2D eigenvalue weighted by molar-refractivity contribution is 6.09. The van der Waals surface area contributed by atoms with Gasteiger partial charge in [0, 0.05) is 75.2 Å². The standard InChI is InChI=1S/C38H53N9O2/c1-4-12-40-35-34-32(41-25-46(34)26(2)3)24-31(42-35)27-8-9-30-33(21-27)47(29-22-28(23-29)43-15-6-5-7-16-43)36(48)38(30)10-17-44(18-11-38)37(49)45-19-13-39-14-20-45/h8-9,21,24-26,28-29,39H,4-7,10-20,22-23H2,1-3H3,(H,40,42). The lowest BCUT2D eigenvalue weighted by molar-refractivity contribution is -0.125. The second-order valence-electron chi connectivity index (χ2n) is 15.3. The number of rotatable bonds is 7. The molecule has 4 fully saturated rings. The molecule has 2 aromatic heterocycles. The Balaban J connectivity index is 1.13. The average Bonchev–Trinajstić information content (AvgIpc) is 3.65. The van der Waals surface area contributed by atoms with Crippen molar-refractivity contribution < 1.29 is 9.59 Å². The molecule has 3 aromatic rings. The molecule has 262 valence electrons. The fourth-order valence-corrected chi connectivity index (χ4v) is 9.05. The molecule has 11 nitrogen and oxygen atoms in total. The number of likely N-dealkylation sites (tertiary alicyclic amines) is 2. The fraction of sp³-hybridized carbons (Fsp3) is 0.632. The summed E-state index contributed by atoms with van der Waals surface area (Å²) in [4.78, 5) is 47.0. The zero-order chi connectivity index (χ0) is 33.7. The number of carbonyl (C=O) groups excluding carboxylic acids is 2. The Labute approximate surface area is 290 Å². The molecule has 6 heterocycles. The Morgan fingerprint density at radius 2 is 1.71 bits per heavy atom. The molecule has 3 saturated heterocycles. The molecule has 1 spiro atoms. The predicted molar refractivity (Wildman–Crippen MR) is 194 cm³/mol. The first-order valence-electron chi connectivity index (χ1n) is 19.0. The summed E-state index contributed by atoms with van der Waals surface area (Å²) < 4.78 is 2.19. The molecule has 1 saturated carbocycles. The van der Waals surface area contributed by atoms with Crippen molar-refractivity contribution in [2.75, 3.05) is 69.1 Å². The monoisotopic (exact) mass is 667 g/mol. The molecular formula is C38H53N9O2. The molecule has 0 atom stereocenters. The Morgan fingerprint density at radius 1 is 0.980 bits per heavy atom. The molecule has 1 aromatic carbocycles. The van der Waals surface area contributed by atoms with Crippen molar-refractivity contribution in [1.82, 2.24) is 34.6 Å². The molecule has 8 rings (SSSR count). The van der Waals surface area contributed by atoms with Gasteiger partial charge in [-0.25, -0.2) is 14.8 Å². The van der Waals surface area contributed by atoms with Gasteiger partial charge >= 0.3 is 6.03 Å². The zero-order valence-electron chi connectivity index (χ0n) is 29.6. The summed E-state index contributed by atoms with van der Waals surface area (Å²) in [6.45, 7) is 14.1. The largest absolute Gasteiger partial charge is 0.368 e. The van der Waals surface area contributed by atoms with Crippen molar-refractivity contribution in [3.63, 3.8) is 0 Å². The maximum absolute atomic E-state index is 14.8. The van der Waals surface area contributed by atoms with Gasteiger partial charge in [0.2, 0.25) is 5.91 Å². The molecule has 2 N–H and O–H groups in total. The van der Waals surface area contributed by atoms with Gasteiger partial charge in [-0.15, -0.1) is 0 Å². The van der Waals surface area contributed by atoms with Crippen LogP contribution in [-0.4, -0.2) is 112 Å². The van der Waals surface area contributed by atoms with Gasteiger partial charge in [-0.05, 0) is 89.6 Å². The number of piperazine rings is 1. The van der Waals surface area contributed by atoms with E-state index in [0.29, 0.717) is 32.0 Å². The third-order valence-electron chi connectivity index (χ3n) is 12.0. The summed E-state index contributed by atoms with van der Waals surface area (Å²) in [6, 6.07) is 9.83. The molecule has 0 radical (unpaired) electrons. The second-order valence-corrected chi connectivity index (χ2v) is 15.3. The number of anilines is 2. The first-order chi connectivity index (χ1) is 23.9. The van der Waals surface area contributed by atoms with Crippen LogP contribution in [0.3, 0.4) is 0 Å². The minimum atomic E-state index is -0.592. The van der Waals surface area contributed by atoms with Gasteiger partial charge in [0.1, 0.15) is 5.52 Å². The number of aromatic nitrogens is 3. The molecule has 49 heavy (non-hydrogen) atoms. The van der Waals surface area contributed by atoms with E-state index >= 15 is 0 Å². The lowest BCUT2D eigenvalue weighted by Gasteiger charge is -2.48. The highest BCUT2D eigenvalue weighted by atomic mass is 16.2. The van der Waals surface area contributed by atoms with E-state index in [0.717, 1.165) is 91.3 Å². The number of hydrogen-bond acceptors (Lipinski definition) is 7. The number of imidazole rings is 1. The number of hydrogen-bond donors (Lipinski definition) is 2. The quantitative estimate of drug-likeness (QED) is 0.356. The number of amides is 3. The molecule has 11 heteroatoms. The van der Waals surface area contributed by atoms with E-state index < -0.39 is 5.41 Å². The van der Waals surface area contributed by atoms with E-state index in [1.807, 2.05) is 16.1 Å². The van der Waals surface area contributed by atoms with Gasteiger partial charge in [0.15, 0.2) is 5.82 Å². The minimum Gasteiger partial charge on any atom is -0.368 e. The summed E-state index contributed by atoms with van der Waals surface area (Å²) in [6.07, 6.45) is 10.2. The van der Waals surface area contributed by atoms with Gasteiger partial charge in [-0.1, -0.05) is 25.5 Å². The van der Waals surface area contributed by atoms with Crippen LogP contribution in [0.5, 0.6) is 0 Å². The van der Waals surface area contributed by atoms with Gasteiger partial charge < -0.3 is 34.8 Å². The lowest BCUT2D eigenvalue weighted by Crippen LogP contribution is -2.59. The summed E-state index contributed by atoms with van der Waals surface area (Å²) in [5.41, 5.74) is 5.41. The molecular weight excluding hydrogens is 614 g/mol. The van der Waals surface area contributed by atoms with Crippen LogP contribution in [0.25, 0.3) is 22.3 Å². The number of nitrogens with one attached hydrogen (secondary N) is 2. The zero-order valence-corrected chi connectivity index (χ0v) is 29.6. The second kappa shape index (κ2) is 13.2. The number of nitrogens with zero attached hydrogens (tertiary/aromatic N) is 7. The summed E-state index contributed by atoms with van der Waals surface area (Å²) in [5, 5.41) is 6.92. The highest BCUT2D eigenvalue weighted by Gasteiger charge is 2.56. The number of urea groups is 1. The smallest absolute Gasteiger partial charge is 0.320 e. The van der Waals surface area contributed by atoms with Crippen molar-refractivity contribution >= 4 is 34.5 Å². The maximum Gasteiger partial charge on any atom is 0.320 e. The van der Waals surface area contributed by atoms with Crippen LogP contribution in [0, 0.1) is 0 Å². The van der Waals surface area contributed by atoms with Crippen LogP contribution < -0.4 is 15.5 Å².